The molecule has 0 saturated heterocycles. The number of hydrogen-bond acceptors (Lipinski definition) is 2. The van der Waals surface area contributed by atoms with Crippen LogP contribution in [0.5, 0.6) is 0 Å². The van der Waals surface area contributed by atoms with Gasteiger partial charge in [-0.15, -0.1) is 0 Å². The van der Waals surface area contributed by atoms with Crippen LogP contribution in [-0.2, 0) is 4.79 Å². The van der Waals surface area contributed by atoms with E-state index in [1.54, 1.807) is 0 Å². The number of benzene rings is 2. The summed E-state index contributed by atoms with van der Waals surface area (Å²) in [6, 6.07) is 17.5. The fraction of sp³-hybridized carbons (Fsp3) is 0.188. The number of nitrogens with one attached hydrogen (secondary N) is 2. The Bertz CT molecular complexity index is 572. The minimum atomic E-state index is -0.0318. The Balaban J connectivity index is 1.87. The number of anilines is 1. The monoisotopic (exact) mass is 332 g/mol. The molecule has 0 aliphatic heterocycles. The van der Waals surface area contributed by atoms with Crippen molar-refractivity contribution >= 4 is 27.5 Å². The first-order chi connectivity index (χ1) is 9.66. The normalized spacial score (nSPS) is 11.7. The first kappa shape index (κ1) is 14.6. The third-order valence-corrected chi connectivity index (χ3v) is 3.70. The van der Waals surface area contributed by atoms with Gasteiger partial charge < -0.3 is 10.6 Å². The number of carbonyl (C=O) groups excluding carboxylic acids is 1. The van der Waals surface area contributed by atoms with Crippen LogP contribution in [-0.4, -0.2) is 12.5 Å². The largest absolute Gasteiger partial charge is 0.376 e. The summed E-state index contributed by atoms with van der Waals surface area (Å²) in [5.74, 6) is -0.0305. The Morgan fingerprint density at radius 3 is 2.45 bits per heavy atom. The molecule has 0 saturated carbocycles. The van der Waals surface area contributed by atoms with Gasteiger partial charge in [0.25, 0.3) is 0 Å². The maximum atomic E-state index is 11.9. The Hall–Kier alpha value is -1.81. The molecule has 0 aromatic heterocycles. The van der Waals surface area contributed by atoms with E-state index >= 15 is 0 Å². The van der Waals surface area contributed by atoms with Gasteiger partial charge in [-0.05, 0) is 30.7 Å². The van der Waals surface area contributed by atoms with E-state index in [0.29, 0.717) is 0 Å². The van der Waals surface area contributed by atoms with E-state index in [0.717, 1.165) is 15.7 Å². The molecule has 0 unspecified atom stereocenters. The Morgan fingerprint density at radius 2 is 1.75 bits per heavy atom. The third kappa shape index (κ3) is 4.10. The van der Waals surface area contributed by atoms with Crippen LogP contribution in [0.15, 0.2) is 59.1 Å². The topological polar surface area (TPSA) is 41.1 Å². The Labute approximate surface area is 127 Å². The van der Waals surface area contributed by atoms with Gasteiger partial charge in [-0.2, -0.15) is 0 Å². The molecule has 0 heterocycles. The van der Waals surface area contributed by atoms with Crippen LogP contribution < -0.4 is 10.6 Å². The second-order valence-electron chi connectivity index (χ2n) is 4.53. The lowest BCUT2D eigenvalue weighted by Gasteiger charge is -2.16. The van der Waals surface area contributed by atoms with Crippen LogP contribution in [0.3, 0.4) is 0 Å². The molecule has 0 fully saturated rings. The van der Waals surface area contributed by atoms with Crippen molar-refractivity contribution in [1.29, 1.82) is 0 Å². The van der Waals surface area contributed by atoms with E-state index in [-0.39, 0.29) is 18.5 Å². The standard InChI is InChI=1S/C16H17BrN2O/c1-12(14-9-5-6-10-15(14)17)19-16(20)11-18-13-7-3-2-4-8-13/h2-10,12,18H,11H2,1H3,(H,19,20)/t12-/m1/s1. The van der Waals surface area contributed by atoms with Crippen molar-refractivity contribution in [2.75, 3.05) is 11.9 Å². The molecule has 0 radical (unpaired) electrons. The van der Waals surface area contributed by atoms with Crippen LogP contribution in [0.25, 0.3) is 0 Å². The number of halogens is 1. The van der Waals surface area contributed by atoms with E-state index in [1.165, 1.54) is 0 Å². The summed E-state index contributed by atoms with van der Waals surface area (Å²) in [5, 5.41) is 6.07. The average molecular weight is 333 g/mol. The van der Waals surface area contributed by atoms with Crippen molar-refractivity contribution in [3.05, 3.63) is 64.6 Å². The molecule has 0 aliphatic rings. The minimum Gasteiger partial charge on any atom is -0.376 e. The number of rotatable bonds is 5. The maximum Gasteiger partial charge on any atom is 0.239 e. The van der Waals surface area contributed by atoms with E-state index in [9.17, 15) is 4.79 Å². The highest BCUT2D eigenvalue weighted by atomic mass is 79.9. The number of hydrogen-bond donors (Lipinski definition) is 2. The van der Waals surface area contributed by atoms with Crippen molar-refractivity contribution in [3.63, 3.8) is 0 Å². The van der Waals surface area contributed by atoms with Crippen LogP contribution in [0.1, 0.15) is 18.5 Å². The second kappa shape index (κ2) is 7.10. The summed E-state index contributed by atoms with van der Waals surface area (Å²) in [5.41, 5.74) is 2.01. The molecule has 2 N–H and O–H groups in total. The van der Waals surface area contributed by atoms with Crippen molar-refractivity contribution in [1.82, 2.24) is 5.32 Å². The molecule has 2 rings (SSSR count). The molecule has 2 aromatic carbocycles. The average Bonchev–Trinajstić information content (AvgIpc) is 2.46. The van der Waals surface area contributed by atoms with Crippen molar-refractivity contribution < 1.29 is 4.79 Å². The molecular formula is C16H17BrN2O. The van der Waals surface area contributed by atoms with Gasteiger partial charge in [0.15, 0.2) is 0 Å². The summed E-state index contributed by atoms with van der Waals surface area (Å²) < 4.78 is 1.00. The van der Waals surface area contributed by atoms with Gasteiger partial charge in [0, 0.05) is 10.2 Å². The van der Waals surface area contributed by atoms with Crippen LogP contribution >= 0.6 is 15.9 Å². The predicted molar refractivity (Wildman–Crippen MR) is 85.6 cm³/mol. The van der Waals surface area contributed by atoms with Gasteiger partial charge in [-0.1, -0.05) is 52.3 Å². The highest BCUT2D eigenvalue weighted by molar-refractivity contribution is 9.10. The van der Waals surface area contributed by atoms with Gasteiger partial charge >= 0.3 is 0 Å². The molecule has 2 aromatic rings. The second-order valence-corrected chi connectivity index (χ2v) is 5.38. The molecule has 104 valence electrons. The molecule has 1 atom stereocenters. The lowest BCUT2D eigenvalue weighted by molar-refractivity contribution is -0.120. The zero-order chi connectivity index (χ0) is 14.4. The maximum absolute atomic E-state index is 11.9. The van der Waals surface area contributed by atoms with E-state index in [2.05, 4.69) is 26.6 Å². The summed E-state index contributed by atoms with van der Waals surface area (Å²) in [4.78, 5) is 11.9. The molecule has 1 amide bonds. The van der Waals surface area contributed by atoms with E-state index in [1.807, 2.05) is 61.5 Å². The van der Waals surface area contributed by atoms with E-state index in [4.69, 9.17) is 0 Å². The zero-order valence-corrected chi connectivity index (χ0v) is 12.9. The molecule has 0 aliphatic carbocycles. The quantitative estimate of drug-likeness (QED) is 0.875. The molecular weight excluding hydrogens is 316 g/mol. The number of amides is 1. The van der Waals surface area contributed by atoms with Gasteiger partial charge in [0.05, 0.1) is 12.6 Å². The van der Waals surface area contributed by atoms with Crippen molar-refractivity contribution in [2.24, 2.45) is 0 Å². The first-order valence-corrected chi connectivity index (χ1v) is 7.29. The molecule has 4 heteroatoms. The summed E-state index contributed by atoms with van der Waals surface area (Å²) in [6.45, 7) is 2.24. The first-order valence-electron chi connectivity index (χ1n) is 6.49. The highest BCUT2D eigenvalue weighted by Crippen LogP contribution is 2.22. The van der Waals surface area contributed by atoms with Crippen molar-refractivity contribution in [3.8, 4) is 0 Å². The minimum absolute atomic E-state index is 0.0305. The van der Waals surface area contributed by atoms with Gasteiger partial charge in [-0.3, -0.25) is 4.79 Å². The molecule has 0 spiro atoms. The van der Waals surface area contributed by atoms with Gasteiger partial charge in [0.1, 0.15) is 0 Å². The fourth-order valence-corrected chi connectivity index (χ4v) is 2.56. The van der Waals surface area contributed by atoms with Crippen molar-refractivity contribution in [2.45, 2.75) is 13.0 Å². The summed E-state index contributed by atoms with van der Waals surface area (Å²) in [7, 11) is 0. The fourth-order valence-electron chi connectivity index (χ4n) is 1.93. The third-order valence-electron chi connectivity index (χ3n) is 2.98. The lowest BCUT2D eigenvalue weighted by atomic mass is 10.1. The Kier molecular flexibility index (Phi) is 5.18. The Morgan fingerprint density at radius 1 is 1.10 bits per heavy atom. The summed E-state index contributed by atoms with van der Waals surface area (Å²) >= 11 is 3.50. The van der Waals surface area contributed by atoms with Crippen LogP contribution in [0.4, 0.5) is 5.69 Å². The molecule has 3 nitrogen and oxygen atoms in total. The predicted octanol–water partition coefficient (Wildman–Crippen LogP) is 3.74. The lowest BCUT2D eigenvalue weighted by Crippen LogP contribution is -2.32. The number of carbonyl (C=O) groups is 1. The molecule has 0 bridgehead atoms. The smallest absolute Gasteiger partial charge is 0.239 e. The van der Waals surface area contributed by atoms with Gasteiger partial charge in [-0.25, -0.2) is 0 Å². The van der Waals surface area contributed by atoms with Crippen LogP contribution in [0, 0.1) is 0 Å². The SMILES string of the molecule is C[C@@H](NC(=O)CNc1ccccc1)c1ccccc1Br. The summed E-state index contributed by atoms with van der Waals surface area (Å²) in [6.07, 6.45) is 0. The van der Waals surface area contributed by atoms with E-state index < -0.39 is 0 Å². The van der Waals surface area contributed by atoms with Gasteiger partial charge in [0.2, 0.25) is 5.91 Å². The van der Waals surface area contributed by atoms with Crippen LogP contribution in [0.2, 0.25) is 0 Å². The zero-order valence-electron chi connectivity index (χ0n) is 11.3. The number of para-hydroxylation sites is 1. The highest BCUT2D eigenvalue weighted by Gasteiger charge is 2.11. The molecule has 20 heavy (non-hydrogen) atoms.